The van der Waals surface area contributed by atoms with Gasteiger partial charge >= 0.3 is 0 Å². The van der Waals surface area contributed by atoms with Crippen molar-refractivity contribution in [2.24, 2.45) is 11.8 Å². The van der Waals surface area contributed by atoms with Gasteiger partial charge in [-0.15, -0.1) is 0 Å². The van der Waals surface area contributed by atoms with Crippen LogP contribution in [0, 0.1) is 18.8 Å². The van der Waals surface area contributed by atoms with Crippen LogP contribution in [-0.4, -0.2) is 23.9 Å². The molecule has 0 aliphatic carbocycles. The molecule has 0 bridgehead atoms. The summed E-state index contributed by atoms with van der Waals surface area (Å²) in [6.45, 7) is 8.30. The van der Waals surface area contributed by atoms with Gasteiger partial charge in [0.05, 0.1) is 0 Å². The number of carbonyl (C=O) groups is 1. The molecule has 1 aromatic rings. The molecule has 0 N–H and O–H groups in total. The van der Waals surface area contributed by atoms with E-state index in [0.717, 1.165) is 18.7 Å². The molecule has 2 nitrogen and oxygen atoms in total. The average molecular weight is 231 g/mol. The van der Waals surface area contributed by atoms with Crippen molar-refractivity contribution in [1.29, 1.82) is 0 Å². The third-order valence-corrected chi connectivity index (χ3v) is 3.45. The number of nitrogens with zero attached hydrogens (tertiary/aromatic N) is 1. The van der Waals surface area contributed by atoms with Crippen molar-refractivity contribution in [3.63, 3.8) is 0 Å². The fourth-order valence-corrected chi connectivity index (χ4v) is 2.71. The van der Waals surface area contributed by atoms with E-state index in [0.29, 0.717) is 11.8 Å². The van der Waals surface area contributed by atoms with Gasteiger partial charge in [0.25, 0.3) is 5.91 Å². The highest BCUT2D eigenvalue weighted by molar-refractivity contribution is 5.94. The minimum atomic E-state index is 0.184. The molecular weight excluding hydrogens is 210 g/mol. The van der Waals surface area contributed by atoms with Crippen LogP contribution >= 0.6 is 0 Å². The third kappa shape index (κ3) is 2.87. The van der Waals surface area contributed by atoms with E-state index >= 15 is 0 Å². The zero-order chi connectivity index (χ0) is 12.4. The molecule has 1 aliphatic rings. The topological polar surface area (TPSA) is 20.3 Å². The maximum Gasteiger partial charge on any atom is 0.253 e. The second-order valence-electron chi connectivity index (χ2n) is 5.52. The third-order valence-electron chi connectivity index (χ3n) is 3.45. The molecule has 2 atom stereocenters. The lowest BCUT2D eigenvalue weighted by atomic mass is 9.91. The summed E-state index contributed by atoms with van der Waals surface area (Å²) in [5.74, 6) is 1.42. The van der Waals surface area contributed by atoms with Gasteiger partial charge in [0.15, 0.2) is 0 Å². The van der Waals surface area contributed by atoms with Gasteiger partial charge in [-0.3, -0.25) is 4.79 Å². The first-order valence-corrected chi connectivity index (χ1v) is 6.42. The number of hydrogen-bond donors (Lipinski definition) is 0. The first kappa shape index (κ1) is 12.2. The summed E-state index contributed by atoms with van der Waals surface area (Å²) in [6.07, 6.45) is 1.23. The van der Waals surface area contributed by atoms with Crippen molar-refractivity contribution in [2.45, 2.75) is 27.2 Å². The van der Waals surface area contributed by atoms with Crippen LogP contribution in [0.25, 0.3) is 0 Å². The SMILES string of the molecule is Cc1ccc(C(=O)N2C[C@@H](C)C[C@H](C)C2)cc1. The van der Waals surface area contributed by atoms with E-state index in [1.165, 1.54) is 12.0 Å². The normalized spacial score (nSPS) is 24.8. The number of rotatable bonds is 1. The standard InChI is InChI=1S/C15H21NO/c1-11-4-6-14(7-5-11)15(17)16-9-12(2)8-13(3)10-16/h4-7,12-13H,8-10H2,1-3H3/t12-,13-/m0/s1. The highest BCUT2D eigenvalue weighted by Gasteiger charge is 2.25. The quantitative estimate of drug-likeness (QED) is 0.727. The monoisotopic (exact) mass is 231 g/mol. The molecule has 0 saturated carbocycles. The molecule has 1 fully saturated rings. The van der Waals surface area contributed by atoms with Crippen LogP contribution in [0.4, 0.5) is 0 Å². The molecule has 1 aliphatic heterocycles. The zero-order valence-corrected chi connectivity index (χ0v) is 10.9. The predicted molar refractivity (Wildman–Crippen MR) is 70.0 cm³/mol. The lowest BCUT2D eigenvalue weighted by Crippen LogP contribution is -2.42. The Morgan fingerprint density at radius 1 is 1.12 bits per heavy atom. The molecule has 0 unspecified atom stereocenters. The van der Waals surface area contributed by atoms with Crippen molar-refractivity contribution < 1.29 is 4.79 Å². The number of likely N-dealkylation sites (tertiary alicyclic amines) is 1. The summed E-state index contributed by atoms with van der Waals surface area (Å²) in [6, 6.07) is 7.87. The Morgan fingerprint density at radius 2 is 1.65 bits per heavy atom. The summed E-state index contributed by atoms with van der Waals surface area (Å²) in [7, 11) is 0. The van der Waals surface area contributed by atoms with Gasteiger partial charge < -0.3 is 4.90 Å². The minimum absolute atomic E-state index is 0.184. The van der Waals surface area contributed by atoms with Gasteiger partial charge in [-0.2, -0.15) is 0 Å². The largest absolute Gasteiger partial charge is 0.338 e. The maximum atomic E-state index is 12.3. The van der Waals surface area contributed by atoms with E-state index in [4.69, 9.17) is 0 Å². The van der Waals surface area contributed by atoms with Crippen molar-refractivity contribution >= 4 is 5.91 Å². The van der Waals surface area contributed by atoms with Crippen LogP contribution in [0.15, 0.2) is 24.3 Å². The van der Waals surface area contributed by atoms with E-state index in [-0.39, 0.29) is 5.91 Å². The van der Waals surface area contributed by atoms with Crippen molar-refractivity contribution in [3.05, 3.63) is 35.4 Å². The molecule has 2 rings (SSSR count). The predicted octanol–water partition coefficient (Wildman–Crippen LogP) is 3.11. The Kier molecular flexibility index (Phi) is 3.51. The van der Waals surface area contributed by atoms with E-state index in [1.54, 1.807) is 0 Å². The van der Waals surface area contributed by atoms with Crippen LogP contribution in [0.3, 0.4) is 0 Å². The number of piperidine rings is 1. The molecule has 92 valence electrons. The zero-order valence-electron chi connectivity index (χ0n) is 10.9. The molecule has 2 heteroatoms. The van der Waals surface area contributed by atoms with E-state index in [1.807, 2.05) is 36.1 Å². The van der Waals surface area contributed by atoms with Crippen molar-refractivity contribution in [1.82, 2.24) is 4.90 Å². The number of amides is 1. The highest BCUT2D eigenvalue weighted by atomic mass is 16.2. The lowest BCUT2D eigenvalue weighted by Gasteiger charge is -2.35. The minimum Gasteiger partial charge on any atom is -0.338 e. The summed E-state index contributed by atoms with van der Waals surface area (Å²) in [5.41, 5.74) is 2.01. The molecule has 1 saturated heterocycles. The van der Waals surface area contributed by atoms with Crippen LogP contribution in [0.5, 0.6) is 0 Å². The first-order valence-electron chi connectivity index (χ1n) is 6.42. The van der Waals surface area contributed by atoms with E-state index in [9.17, 15) is 4.79 Å². The van der Waals surface area contributed by atoms with Gasteiger partial charge in [0.2, 0.25) is 0 Å². The smallest absolute Gasteiger partial charge is 0.253 e. The lowest BCUT2D eigenvalue weighted by molar-refractivity contribution is 0.0623. The van der Waals surface area contributed by atoms with Gasteiger partial charge in [-0.25, -0.2) is 0 Å². The molecule has 1 amide bonds. The summed E-state index contributed by atoms with van der Waals surface area (Å²) < 4.78 is 0. The molecule has 1 aromatic carbocycles. The highest BCUT2D eigenvalue weighted by Crippen LogP contribution is 2.22. The number of hydrogen-bond acceptors (Lipinski definition) is 1. The molecule has 0 aromatic heterocycles. The molecule has 0 radical (unpaired) electrons. The Hall–Kier alpha value is -1.31. The van der Waals surface area contributed by atoms with Crippen LogP contribution in [0.2, 0.25) is 0 Å². The fraction of sp³-hybridized carbons (Fsp3) is 0.533. The van der Waals surface area contributed by atoms with E-state index < -0.39 is 0 Å². The molecular formula is C15H21NO. The number of benzene rings is 1. The first-order chi connectivity index (χ1) is 8.06. The summed E-state index contributed by atoms with van der Waals surface area (Å²) >= 11 is 0. The van der Waals surface area contributed by atoms with Gasteiger partial charge in [-0.05, 0) is 37.3 Å². The number of carbonyl (C=O) groups excluding carboxylic acids is 1. The molecule has 1 heterocycles. The Bertz CT molecular complexity index is 386. The Balaban J connectivity index is 2.11. The van der Waals surface area contributed by atoms with Crippen molar-refractivity contribution in [3.8, 4) is 0 Å². The number of aryl methyl sites for hydroxylation is 1. The van der Waals surface area contributed by atoms with Crippen molar-refractivity contribution in [2.75, 3.05) is 13.1 Å². The molecule has 0 spiro atoms. The van der Waals surface area contributed by atoms with Crippen LogP contribution in [0.1, 0.15) is 36.2 Å². The maximum absolute atomic E-state index is 12.3. The van der Waals surface area contributed by atoms with Gasteiger partial charge in [0, 0.05) is 18.7 Å². The van der Waals surface area contributed by atoms with Gasteiger partial charge in [0.1, 0.15) is 0 Å². The summed E-state index contributed by atoms with van der Waals surface area (Å²) in [5, 5.41) is 0. The summed E-state index contributed by atoms with van der Waals surface area (Å²) in [4.78, 5) is 14.3. The fourth-order valence-electron chi connectivity index (χ4n) is 2.71. The Morgan fingerprint density at radius 3 is 2.18 bits per heavy atom. The van der Waals surface area contributed by atoms with E-state index in [2.05, 4.69) is 13.8 Å². The van der Waals surface area contributed by atoms with Crippen LogP contribution < -0.4 is 0 Å². The second-order valence-corrected chi connectivity index (χ2v) is 5.52. The Labute approximate surface area is 104 Å². The second kappa shape index (κ2) is 4.91. The van der Waals surface area contributed by atoms with Crippen LogP contribution in [-0.2, 0) is 0 Å². The van der Waals surface area contributed by atoms with Gasteiger partial charge in [-0.1, -0.05) is 31.5 Å². The molecule has 17 heavy (non-hydrogen) atoms. The average Bonchev–Trinajstić information content (AvgIpc) is 2.28.